The quantitative estimate of drug-likeness (QED) is 0.239. The van der Waals surface area contributed by atoms with Crippen molar-refractivity contribution in [1.82, 2.24) is 24.5 Å². The Labute approximate surface area is 231 Å². The number of nitrogens with zero attached hydrogens (tertiary/aromatic N) is 5. The fourth-order valence-corrected chi connectivity index (χ4v) is 6.10. The second kappa shape index (κ2) is 8.42. The van der Waals surface area contributed by atoms with E-state index in [2.05, 4.69) is 65.9 Å². The van der Waals surface area contributed by atoms with E-state index in [4.69, 9.17) is 15.0 Å². The van der Waals surface area contributed by atoms with Gasteiger partial charge in [0.25, 0.3) is 0 Å². The molecule has 40 heavy (non-hydrogen) atoms. The average Bonchev–Trinajstić information content (AvgIpc) is 3.35. The Morgan fingerprint density at radius 2 is 1.18 bits per heavy atom. The van der Waals surface area contributed by atoms with E-state index in [9.17, 15) is 0 Å². The van der Waals surface area contributed by atoms with Gasteiger partial charge in [-0.15, -0.1) is 0 Å². The van der Waals surface area contributed by atoms with Gasteiger partial charge in [-0.25, -0.2) is 15.0 Å². The van der Waals surface area contributed by atoms with Gasteiger partial charge in [-0.2, -0.15) is 0 Å². The molecule has 0 radical (unpaired) electrons. The van der Waals surface area contributed by atoms with Crippen LogP contribution in [0.1, 0.15) is 25.0 Å². The van der Waals surface area contributed by atoms with Crippen molar-refractivity contribution < 1.29 is 0 Å². The summed E-state index contributed by atoms with van der Waals surface area (Å²) in [5, 5.41) is 2.41. The molecule has 0 spiro atoms. The number of hydrogen-bond acceptors (Lipinski definition) is 4. The summed E-state index contributed by atoms with van der Waals surface area (Å²) in [6.45, 7) is 4.57. The van der Waals surface area contributed by atoms with Crippen LogP contribution in [0.15, 0.2) is 116 Å². The summed E-state index contributed by atoms with van der Waals surface area (Å²) in [7, 11) is 0. The summed E-state index contributed by atoms with van der Waals surface area (Å²) in [4.78, 5) is 19.5. The van der Waals surface area contributed by atoms with Gasteiger partial charge in [0.2, 0.25) is 0 Å². The first-order valence-electron chi connectivity index (χ1n) is 13.5. The molecule has 190 valence electrons. The molecule has 0 saturated heterocycles. The molecule has 5 heteroatoms. The molecule has 4 heterocycles. The van der Waals surface area contributed by atoms with E-state index in [1.807, 2.05) is 73.1 Å². The molecule has 0 saturated carbocycles. The summed E-state index contributed by atoms with van der Waals surface area (Å²) >= 11 is 0. The van der Waals surface area contributed by atoms with Crippen LogP contribution in [-0.2, 0) is 5.41 Å². The van der Waals surface area contributed by atoms with Crippen LogP contribution in [0.5, 0.6) is 0 Å². The summed E-state index contributed by atoms with van der Waals surface area (Å²) in [6, 6.07) is 35.5. The van der Waals surface area contributed by atoms with Crippen LogP contribution in [0.4, 0.5) is 0 Å². The number of benzene rings is 4. The standard InChI is InChI=1S/C35H25N5/c1-35(2)27-20-24(19-26-25-15-9-10-16-29(25)40(31(26)27)30-17-18-36-21-28(30)35)34-38-32(22-11-5-3-6-12-22)37-33(39-34)23-13-7-4-8-14-23/h3-21H,1-2H3. The molecule has 8 rings (SSSR count). The van der Waals surface area contributed by atoms with E-state index in [0.717, 1.165) is 16.7 Å². The number of hydrogen-bond donors (Lipinski definition) is 0. The average molecular weight is 516 g/mol. The number of aromatic nitrogens is 5. The van der Waals surface area contributed by atoms with Crippen LogP contribution in [0.3, 0.4) is 0 Å². The molecule has 0 amide bonds. The molecular weight excluding hydrogens is 490 g/mol. The minimum absolute atomic E-state index is 0.264. The highest BCUT2D eigenvalue weighted by Crippen LogP contribution is 2.48. The Bertz CT molecular complexity index is 2020. The predicted octanol–water partition coefficient (Wildman–Crippen LogP) is 8.00. The minimum Gasteiger partial charge on any atom is -0.309 e. The van der Waals surface area contributed by atoms with E-state index < -0.39 is 0 Å². The molecule has 1 aliphatic rings. The first-order chi connectivity index (χ1) is 19.6. The molecular formula is C35H25N5. The smallest absolute Gasteiger partial charge is 0.164 e. The number of fused-ring (bicyclic) bond motifs is 5. The SMILES string of the molecule is CC1(C)c2cnccc2-n2c3ccccc3c3cc(-c4nc(-c5ccccc5)nc(-c5ccccc5)n4)cc1c32. The third kappa shape index (κ3) is 3.27. The molecule has 0 bridgehead atoms. The van der Waals surface area contributed by atoms with E-state index >= 15 is 0 Å². The number of rotatable bonds is 3. The molecule has 3 aromatic heterocycles. The summed E-state index contributed by atoms with van der Waals surface area (Å²) in [5.74, 6) is 1.99. The fourth-order valence-electron chi connectivity index (χ4n) is 6.10. The zero-order valence-electron chi connectivity index (χ0n) is 22.2. The van der Waals surface area contributed by atoms with Gasteiger partial charge in [-0.05, 0) is 29.8 Å². The lowest BCUT2D eigenvalue weighted by molar-refractivity contribution is 0.626. The van der Waals surface area contributed by atoms with Crippen LogP contribution in [0, 0.1) is 0 Å². The highest BCUT2D eigenvalue weighted by molar-refractivity contribution is 6.12. The predicted molar refractivity (Wildman–Crippen MR) is 160 cm³/mol. The Hall–Kier alpha value is -5.16. The molecule has 1 aliphatic heterocycles. The molecule has 5 nitrogen and oxygen atoms in total. The summed E-state index contributed by atoms with van der Waals surface area (Å²) < 4.78 is 2.39. The number of pyridine rings is 1. The maximum Gasteiger partial charge on any atom is 0.164 e. The van der Waals surface area contributed by atoms with Crippen molar-refractivity contribution in [3.63, 3.8) is 0 Å². The first-order valence-corrected chi connectivity index (χ1v) is 13.5. The molecule has 0 aliphatic carbocycles. The van der Waals surface area contributed by atoms with Gasteiger partial charge >= 0.3 is 0 Å². The van der Waals surface area contributed by atoms with Crippen molar-refractivity contribution in [2.24, 2.45) is 0 Å². The molecule has 0 fully saturated rings. The summed E-state index contributed by atoms with van der Waals surface area (Å²) in [6.07, 6.45) is 3.89. The Morgan fingerprint density at radius 1 is 0.575 bits per heavy atom. The van der Waals surface area contributed by atoms with Crippen LogP contribution in [-0.4, -0.2) is 24.5 Å². The molecule has 7 aromatic rings. The lowest BCUT2D eigenvalue weighted by atomic mass is 9.75. The van der Waals surface area contributed by atoms with Crippen molar-refractivity contribution in [3.8, 4) is 39.9 Å². The lowest BCUT2D eigenvalue weighted by Crippen LogP contribution is -2.26. The van der Waals surface area contributed by atoms with Crippen LogP contribution in [0.25, 0.3) is 61.7 Å². The topological polar surface area (TPSA) is 56.5 Å². The van der Waals surface area contributed by atoms with Gasteiger partial charge < -0.3 is 4.57 Å². The Morgan fingerprint density at radius 3 is 1.85 bits per heavy atom. The van der Waals surface area contributed by atoms with Gasteiger partial charge in [0, 0.05) is 50.8 Å². The third-order valence-corrected chi connectivity index (χ3v) is 8.11. The van der Waals surface area contributed by atoms with Gasteiger partial charge in [0.15, 0.2) is 17.5 Å². The minimum atomic E-state index is -0.264. The zero-order chi connectivity index (χ0) is 26.8. The van der Waals surface area contributed by atoms with E-state index in [1.54, 1.807) is 0 Å². The van der Waals surface area contributed by atoms with Crippen molar-refractivity contribution in [3.05, 3.63) is 127 Å². The van der Waals surface area contributed by atoms with E-state index in [0.29, 0.717) is 17.5 Å². The first kappa shape index (κ1) is 22.8. The second-order valence-corrected chi connectivity index (χ2v) is 10.8. The van der Waals surface area contributed by atoms with Crippen LogP contribution in [0.2, 0.25) is 0 Å². The molecule has 4 aromatic carbocycles. The van der Waals surface area contributed by atoms with Gasteiger partial charge in [-0.3, -0.25) is 4.98 Å². The maximum atomic E-state index is 5.04. The third-order valence-electron chi connectivity index (χ3n) is 8.11. The Balaban J connectivity index is 1.46. The monoisotopic (exact) mass is 515 g/mol. The van der Waals surface area contributed by atoms with Crippen molar-refractivity contribution in [1.29, 1.82) is 0 Å². The van der Waals surface area contributed by atoms with Crippen molar-refractivity contribution >= 4 is 21.8 Å². The van der Waals surface area contributed by atoms with Crippen LogP contribution < -0.4 is 0 Å². The van der Waals surface area contributed by atoms with Crippen molar-refractivity contribution in [2.75, 3.05) is 0 Å². The normalized spacial score (nSPS) is 13.4. The number of para-hydroxylation sites is 1. The van der Waals surface area contributed by atoms with E-state index in [1.165, 1.54) is 38.6 Å². The summed E-state index contributed by atoms with van der Waals surface area (Å²) in [5.41, 5.74) is 8.67. The fraction of sp³-hybridized carbons (Fsp3) is 0.0857. The van der Waals surface area contributed by atoms with Gasteiger partial charge in [0.05, 0.1) is 16.7 Å². The van der Waals surface area contributed by atoms with Gasteiger partial charge in [0.1, 0.15) is 0 Å². The van der Waals surface area contributed by atoms with Crippen molar-refractivity contribution in [2.45, 2.75) is 19.3 Å². The largest absolute Gasteiger partial charge is 0.309 e. The van der Waals surface area contributed by atoms with Gasteiger partial charge in [-0.1, -0.05) is 92.7 Å². The lowest BCUT2D eigenvalue weighted by Gasteiger charge is -2.34. The van der Waals surface area contributed by atoms with Crippen LogP contribution >= 0.6 is 0 Å². The highest BCUT2D eigenvalue weighted by atomic mass is 15.0. The second-order valence-electron chi connectivity index (χ2n) is 10.8. The molecule has 0 unspecified atom stereocenters. The zero-order valence-corrected chi connectivity index (χ0v) is 22.2. The Kier molecular flexibility index (Phi) is 4.80. The molecule has 0 atom stereocenters. The van der Waals surface area contributed by atoms with E-state index in [-0.39, 0.29) is 5.41 Å². The highest BCUT2D eigenvalue weighted by Gasteiger charge is 2.36. The molecule has 0 N–H and O–H groups in total. The maximum absolute atomic E-state index is 5.04.